The minimum atomic E-state index is -0.283. The van der Waals surface area contributed by atoms with Gasteiger partial charge in [0.2, 0.25) is 0 Å². The molecule has 1 saturated carbocycles. The summed E-state index contributed by atoms with van der Waals surface area (Å²) < 4.78 is 6.53. The van der Waals surface area contributed by atoms with Gasteiger partial charge in [-0.25, -0.2) is 0 Å². The molecule has 0 aromatic rings. The summed E-state index contributed by atoms with van der Waals surface area (Å²) in [4.78, 5) is 0. The van der Waals surface area contributed by atoms with Gasteiger partial charge in [-0.15, -0.1) is 0 Å². The largest absolute Gasteiger partial charge is 0.396 e. The summed E-state index contributed by atoms with van der Waals surface area (Å²) in [5, 5.41) is 9.89. The number of aliphatic hydroxyl groups is 1. The molecule has 1 aliphatic carbocycles. The smallest absolute Gasteiger partial charge is 0.0707 e. The molecule has 2 heteroatoms. The Balaban J connectivity index is 2.71. The maximum absolute atomic E-state index is 9.89. The predicted octanol–water partition coefficient (Wildman–Crippen LogP) is 4.94. The van der Waals surface area contributed by atoms with E-state index in [0.717, 1.165) is 0 Å². The van der Waals surface area contributed by atoms with E-state index in [1.165, 1.54) is 51.4 Å². The van der Waals surface area contributed by atoms with Crippen molar-refractivity contribution in [2.45, 2.75) is 97.7 Å². The minimum Gasteiger partial charge on any atom is -0.396 e. The Labute approximate surface area is 126 Å². The van der Waals surface area contributed by atoms with Crippen LogP contribution in [0.2, 0.25) is 0 Å². The van der Waals surface area contributed by atoms with Crippen LogP contribution in [0.1, 0.15) is 86.0 Å². The number of aliphatic hydroxyl groups excluding tert-OH is 1. The molecule has 1 atom stereocenters. The molecule has 1 unspecified atom stereocenters. The van der Waals surface area contributed by atoms with E-state index in [0.29, 0.717) is 12.0 Å². The third-order valence-electron chi connectivity index (χ3n) is 5.74. The Bertz CT molecular complexity index is 263. The third-order valence-corrected chi connectivity index (χ3v) is 5.74. The fourth-order valence-corrected chi connectivity index (χ4v) is 3.33. The van der Waals surface area contributed by atoms with E-state index in [4.69, 9.17) is 4.74 Å². The maximum atomic E-state index is 9.89. The quantitative estimate of drug-likeness (QED) is 0.775. The lowest BCUT2D eigenvalue weighted by atomic mass is 9.68. The zero-order valence-electron chi connectivity index (χ0n) is 14.4. The summed E-state index contributed by atoms with van der Waals surface area (Å²) in [7, 11) is 0. The first kappa shape index (κ1) is 18.0. The van der Waals surface area contributed by atoms with Gasteiger partial charge in [-0.1, -0.05) is 59.3 Å². The molecule has 2 nitrogen and oxygen atoms in total. The van der Waals surface area contributed by atoms with Crippen LogP contribution in [-0.4, -0.2) is 23.4 Å². The Morgan fingerprint density at radius 1 is 0.950 bits per heavy atom. The Morgan fingerprint density at radius 3 is 1.80 bits per heavy atom. The van der Waals surface area contributed by atoms with Crippen molar-refractivity contribution in [3.8, 4) is 0 Å². The molecule has 0 aliphatic heterocycles. The van der Waals surface area contributed by atoms with Crippen molar-refractivity contribution in [2.24, 2.45) is 11.3 Å². The molecule has 0 heterocycles. The first-order chi connectivity index (χ1) is 9.33. The predicted molar refractivity (Wildman–Crippen MR) is 85.9 cm³/mol. The maximum Gasteiger partial charge on any atom is 0.0707 e. The number of ether oxygens (including phenoxy) is 1. The summed E-state index contributed by atoms with van der Waals surface area (Å²) in [6.07, 6.45) is 10.8. The Kier molecular flexibility index (Phi) is 7.00. The van der Waals surface area contributed by atoms with Crippen LogP contribution in [-0.2, 0) is 4.74 Å². The summed E-state index contributed by atoms with van der Waals surface area (Å²) >= 11 is 0. The highest BCUT2D eigenvalue weighted by atomic mass is 16.5. The average molecular weight is 284 g/mol. The van der Waals surface area contributed by atoms with E-state index in [9.17, 15) is 5.11 Å². The normalized spacial score (nSPS) is 22.9. The SMILES string of the molecule is CC(C)C(C)(CO)C(C)(C)OC1CCCCCCCC1. The van der Waals surface area contributed by atoms with Crippen molar-refractivity contribution in [1.29, 1.82) is 0 Å². The second kappa shape index (κ2) is 7.79. The van der Waals surface area contributed by atoms with E-state index in [1.807, 2.05) is 0 Å². The van der Waals surface area contributed by atoms with E-state index >= 15 is 0 Å². The molecule has 0 amide bonds. The molecular weight excluding hydrogens is 248 g/mol. The molecule has 1 N–H and O–H groups in total. The fraction of sp³-hybridized carbons (Fsp3) is 1.00. The van der Waals surface area contributed by atoms with Crippen molar-refractivity contribution in [3.63, 3.8) is 0 Å². The molecular formula is C18H36O2. The average Bonchev–Trinajstić information content (AvgIpc) is 2.50. The molecule has 0 spiro atoms. The van der Waals surface area contributed by atoms with Crippen molar-refractivity contribution in [2.75, 3.05) is 6.61 Å². The van der Waals surface area contributed by atoms with Gasteiger partial charge in [0.15, 0.2) is 0 Å². The molecule has 1 fully saturated rings. The van der Waals surface area contributed by atoms with Crippen LogP contribution in [0.3, 0.4) is 0 Å². The molecule has 1 aliphatic rings. The van der Waals surface area contributed by atoms with Gasteiger partial charge < -0.3 is 9.84 Å². The highest BCUT2D eigenvalue weighted by molar-refractivity contribution is 4.94. The molecule has 20 heavy (non-hydrogen) atoms. The molecule has 1 rings (SSSR count). The van der Waals surface area contributed by atoms with E-state index in [1.54, 1.807) is 0 Å². The topological polar surface area (TPSA) is 29.5 Å². The standard InChI is InChI=1S/C18H36O2/c1-15(2)18(5,14-19)17(3,4)20-16-12-10-8-6-7-9-11-13-16/h15-16,19H,6-14H2,1-5H3. The zero-order chi connectivity index (χ0) is 15.2. The van der Waals surface area contributed by atoms with E-state index < -0.39 is 0 Å². The lowest BCUT2D eigenvalue weighted by molar-refractivity contribution is -0.174. The summed E-state index contributed by atoms with van der Waals surface area (Å²) in [5.41, 5.74) is -0.472. The summed E-state index contributed by atoms with van der Waals surface area (Å²) in [6, 6.07) is 0. The number of hydrogen-bond acceptors (Lipinski definition) is 2. The van der Waals surface area contributed by atoms with Crippen LogP contribution in [0.15, 0.2) is 0 Å². The zero-order valence-corrected chi connectivity index (χ0v) is 14.4. The Hall–Kier alpha value is -0.0800. The van der Waals surface area contributed by atoms with Crippen molar-refractivity contribution in [3.05, 3.63) is 0 Å². The monoisotopic (exact) mass is 284 g/mol. The first-order valence-corrected chi connectivity index (χ1v) is 8.62. The molecule has 0 saturated heterocycles. The van der Waals surface area contributed by atoms with Gasteiger partial charge >= 0.3 is 0 Å². The van der Waals surface area contributed by atoms with Crippen LogP contribution in [0, 0.1) is 11.3 Å². The fourth-order valence-electron chi connectivity index (χ4n) is 3.33. The van der Waals surface area contributed by atoms with Gasteiger partial charge in [0.05, 0.1) is 18.3 Å². The summed E-state index contributed by atoms with van der Waals surface area (Å²) in [6.45, 7) is 11.0. The molecule has 120 valence electrons. The van der Waals surface area contributed by atoms with Gasteiger partial charge in [0.1, 0.15) is 0 Å². The molecule has 0 bridgehead atoms. The van der Waals surface area contributed by atoms with Gasteiger partial charge in [0, 0.05) is 5.41 Å². The lowest BCUT2D eigenvalue weighted by Gasteiger charge is -2.47. The second-order valence-electron chi connectivity index (χ2n) is 7.68. The highest BCUT2D eigenvalue weighted by Gasteiger charge is 2.45. The number of hydrogen-bond donors (Lipinski definition) is 1. The number of rotatable bonds is 5. The van der Waals surface area contributed by atoms with Crippen molar-refractivity contribution >= 4 is 0 Å². The van der Waals surface area contributed by atoms with Crippen LogP contribution >= 0.6 is 0 Å². The van der Waals surface area contributed by atoms with Gasteiger partial charge in [-0.2, -0.15) is 0 Å². The molecule has 0 aromatic heterocycles. The molecule has 0 aromatic carbocycles. The van der Waals surface area contributed by atoms with Crippen LogP contribution in [0.5, 0.6) is 0 Å². The van der Waals surface area contributed by atoms with Gasteiger partial charge in [-0.3, -0.25) is 0 Å². The van der Waals surface area contributed by atoms with Crippen LogP contribution in [0.4, 0.5) is 0 Å². The summed E-state index contributed by atoms with van der Waals surface area (Å²) in [5.74, 6) is 0.402. The van der Waals surface area contributed by atoms with Crippen LogP contribution < -0.4 is 0 Å². The second-order valence-corrected chi connectivity index (χ2v) is 7.68. The minimum absolute atomic E-state index is 0.185. The van der Waals surface area contributed by atoms with E-state index in [2.05, 4.69) is 34.6 Å². The Morgan fingerprint density at radius 2 is 1.40 bits per heavy atom. The van der Waals surface area contributed by atoms with Crippen molar-refractivity contribution < 1.29 is 9.84 Å². The lowest BCUT2D eigenvalue weighted by Crippen LogP contribution is -2.51. The third kappa shape index (κ3) is 4.46. The van der Waals surface area contributed by atoms with Gasteiger partial charge in [0.25, 0.3) is 0 Å². The highest BCUT2D eigenvalue weighted by Crippen LogP contribution is 2.42. The van der Waals surface area contributed by atoms with Crippen LogP contribution in [0.25, 0.3) is 0 Å². The van der Waals surface area contributed by atoms with Gasteiger partial charge in [-0.05, 0) is 32.6 Å². The first-order valence-electron chi connectivity index (χ1n) is 8.62. The van der Waals surface area contributed by atoms with E-state index in [-0.39, 0.29) is 17.6 Å². The van der Waals surface area contributed by atoms with Crippen molar-refractivity contribution in [1.82, 2.24) is 0 Å². The molecule has 0 radical (unpaired) electrons.